The molecular formula is C13H19NO3. The topological polar surface area (TPSA) is 69.6 Å². The largest absolute Gasteiger partial charge is 0.481 e. The summed E-state index contributed by atoms with van der Waals surface area (Å²) in [5, 5.41) is 21.4. The first-order valence-electron chi connectivity index (χ1n) is 5.64. The van der Waals surface area contributed by atoms with E-state index in [2.05, 4.69) is 5.32 Å². The van der Waals surface area contributed by atoms with Crippen molar-refractivity contribution in [3.63, 3.8) is 0 Å². The van der Waals surface area contributed by atoms with E-state index in [9.17, 15) is 9.90 Å². The molecule has 0 spiro atoms. The van der Waals surface area contributed by atoms with Gasteiger partial charge in [-0.3, -0.25) is 4.79 Å². The summed E-state index contributed by atoms with van der Waals surface area (Å²) in [6.45, 7) is 3.74. The molecule has 0 fully saturated rings. The third-order valence-corrected chi connectivity index (χ3v) is 2.95. The predicted molar refractivity (Wildman–Crippen MR) is 65.7 cm³/mol. The van der Waals surface area contributed by atoms with Crippen LogP contribution in [0.2, 0.25) is 0 Å². The summed E-state index contributed by atoms with van der Waals surface area (Å²) in [6.07, 6.45) is 0. The maximum Gasteiger partial charge on any atom is 0.307 e. The maximum absolute atomic E-state index is 10.7. The van der Waals surface area contributed by atoms with Crippen LogP contribution in [-0.4, -0.2) is 29.3 Å². The monoisotopic (exact) mass is 237 g/mol. The Labute approximate surface area is 101 Å². The zero-order chi connectivity index (χ0) is 12.9. The number of carboxylic acids is 1. The van der Waals surface area contributed by atoms with E-state index < -0.39 is 17.4 Å². The van der Waals surface area contributed by atoms with Crippen LogP contribution in [0.5, 0.6) is 0 Å². The minimum atomic E-state index is -0.842. The second-order valence-electron chi connectivity index (χ2n) is 4.48. The smallest absolute Gasteiger partial charge is 0.307 e. The number of rotatable bonds is 6. The van der Waals surface area contributed by atoms with Gasteiger partial charge in [0.15, 0.2) is 0 Å². The van der Waals surface area contributed by atoms with Gasteiger partial charge in [-0.1, -0.05) is 37.3 Å². The van der Waals surface area contributed by atoms with Crippen molar-refractivity contribution in [2.75, 3.05) is 13.2 Å². The Morgan fingerprint density at radius 1 is 1.41 bits per heavy atom. The predicted octanol–water partition coefficient (Wildman–Crippen LogP) is 1.20. The van der Waals surface area contributed by atoms with Crippen LogP contribution in [0.4, 0.5) is 0 Å². The van der Waals surface area contributed by atoms with Crippen molar-refractivity contribution >= 4 is 5.97 Å². The standard InChI is InChI=1S/C13H19NO3/c1-10(12(16)17)8-14-13(2,9-15)11-6-4-3-5-7-11/h3-7,10,14-15H,8-9H2,1-2H3,(H,16,17). The molecule has 0 aromatic heterocycles. The molecule has 0 bridgehead atoms. The molecule has 4 nitrogen and oxygen atoms in total. The number of hydrogen-bond acceptors (Lipinski definition) is 3. The third-order valence-electron chi connectivity index (χ3n) is 2.95. The molecule has 0 saturated heterocycles. The molecule has 1 rings (SSSR count). The minimum absolute atomic E-state index is 0.0800. The minimum Gasteiger partial charge on any atom is -0.481 e. The van der Waals surface area contributed by atoms with Gasteiger partial charge < -0.3 is 15.5 Å². The van der Waals surface area contributed by atoms with Crippen LogP contribution in [0.15, 0.2) is 30.3 Å². The van der Waals surface area contributed by atoms with Gasteiger partial charge in [-0.15, -0.1) is 0 Å². The molecule has 4 heteroatoms. The molecule has 2 atom stereocenters. The van der Waals surface area contributed by atoms with Crippen molar-refractivity contribution in [1.29, 1.82) is 0 Å². The van der Waals surface area contributed by atoms with Gasteiger partial charge in [0.05, 0.1) is 18.1 Å². The van der Waals surface area contributed by atoms with E-state index in [1.807, 2.05) is 37.3 Å². The molecule has 1 aromatic carbocycles. The first kappa shape index (κ1) is 13.7. The molecule has 0 radical (unpaired) electrons. The highest BCUT2D eigenvalue weighted by Gasteiger charge is 2.26. The van der Waals surface area contributed by atoms with Crippen LogP contribution in [0.1, 0.15) is 19.4 Å². The number of carboxylic acid groups (broad SMARTS) is 1. The summed E-state index contributed by atoms with van der Waals surface area (Å²) in [4.78, 5) is 10.7. The molecule has 0 aliphatic rings. The quantitative estimate of drug-likeness (QED) is 0.695. The van der Waals surface area contributed by atoms with Gasteiger partial charge in [0.2, 0.25) is 0 Å². The molecule has 0 aliphatic heterocycles. The highest BCUT2D eigenvalue weighted by atomic mass is 16.4. The molecule has 1 aromatic rings. The van der Waals surface area contributed by atoms with Crippen LogP contribution in [0, 0.1) is 5.92 Å². The lowest BCUT2D eigenvalue weighted by Gasteiger charge is -2.30. The average molecular weight is 237 g/mol. The summed E-state index contributed by atoms with van der Waals surface area (Å²) in [5.41, 5.74) is 0.338. The number of carbonyl (C=O) groups is 1. The molecule has 0 saturated carbocycles. The summed E-state index contributed by atoms with van der Waals surface area (Å²) in [5.74, 6) is -1.32. The Morgan fingerprint density at radius 2 is 2.00 bits per heavy atom. The highest BCUT2D eigenvalue weighted by Crippen LogP contribution is 2.19. The Bertz CT molecular complexity index is 366. The van der Waals surface area contributed by atoms with E-state index in [0.717, 1.165) is 5.56 Å². The Kier molecular flexibility index (Phi) is 4.66. The molecule has 3 N–H and O–H groups in total. The molecule has 0 amide bonds. The molecule has 17 heavy (non-hydrogen) atoms. The second-order valence-corrected chi connectivity index (χ2v) is 4.48. The zero-order valence-corrected chi connectivity index (χ0v) is 10.2. The van der Waals surface area contributed by atoms with Gasteiger partial charge in [-0.05, 0) is 12.5 Å². The van der Waals surface area contributed by atoms with Crippen LogP contribution in [0.25, 0.3) is 0 Å². The van der Waals surface area contributed by atoms with E-state index >= 15 is 0 Å². The number of aliphatic carboxylic acids is 1. The van der Waals surface area contributed by atoms with E-state index in [0.29, 0.717) is 6.54 Å². The molecule has 2 unspecified atom stereocenters. The van der Waals surface area contributed by atoms with Gasteiger partial charge in [-0.2, -0.15) is 0 Å². The SMILES string of the molecule is CC(CNC(C)(CO)c1ccccc1)C(=O)O. The average Bonchev–Trinajstić information content (AvgIpc) is 2.36. The van der Waals surface area contributed by atoms with E-state index in [1.54, 1.807) is 6.92 Å². The van der Waals surface area contributed by atoms with Crippen LogP contribution in [-0.2, 0) is 10.3 Å². The van der Waals surface area contributed by atoms with Crippen molar-refractivity contribution < 1.29 is 15.0 Å². The van der Waals surface area contributed by atoms with Crippen LogP contribution < -0.4 is 5.32 Å². The van der Waals surface area contributed by atoms with Crippen molar-refractivity contribution in [1.82, 2.24) is 5.32 Å². The van der Waals surface area contributed by atoms with Crippen LogP contribution in [0.3, 0.4) is 0 Å². The fourth-order valence-corrected chi connectivity index (χ4v) is 1.52. The highest BCUT2D eigenvalue weighted by molar-refractivity contribution is 5.69. The van der Waals surface area contributed by atoms with Crippen molar-refractivity contribution in [2.24, 2.45) is 5.92 Å². The lowest BCUT2D eigenvalue weighted by Crippen LogP contribution is -2.45. The number of nitrogens with one attached hydrogen (secondary N) is 1. The van der Waals surface area contributed by atoms with Gasteiger partial charge >= 0.3 is 5.97 Å². The molecule has 0 heterocycles. The Morgan fingerprint density at radius 3 is 2.47 bits per heavy atom. The summed E-state index contributed by atoms with van der Waals surface area (Å²) < 4.78 is 0. The molecule has 94 valence electrons. The summed E-state index contributed by atoms with van der Waals surface area (Å²) in [7, 11) is 0. The number of aliphatic hydroxyl groups excluding tert-OH is 1. The van der Waals surface area contributed by atoms with Gasteiger partial charge in [0.1, 0.15) is 0 Å². The molecule has 0 aliphatic carbocycles. The maximum atomic E-state index is 10.7. The lowest BCUT2D eigenvalue weighted by atomic mass is 9.92. The van der Waals surface area contributed by atoms with Crippen molar-refractivity contribution in [3.8, 4) is 0 Å². The van der Waals surface area contributed by atoms with Gasteiger partial charge in [-0.25, -0.2) is 0 Å². The fourth-order valence-electron chi connectivity index (χ4n) is 1.52. The van der Waals surface area contributed by atoms with Crippen molar-refractivity contribution in [2.45, 2.75) is 19.4 Å². The lowest BCUT2D eigenvalue weighted by molar-refractivity contribution is -0.141. The first-order valence-corrected chi connectivity index (χ1v) is 5.64. The zero-order valence-electron chi connectivity index (χ0n) is 10.2. The van der Waals surface area contributed by atoms with E-state index in [1.165, 1.54) is 0 Å². The fraction of sp³-hybridized carbons (Fsp3) is 0.462. The Balaban J connectivity index is 2.73. The van der Waals surface area contributed by atoms with Crippen molar-refractivity contribution in [3.05, 3.63) is 35.9 Å². The Hall–Kier alpha value is -1.39. The van der Waals surface area contributed by atoms with Gasteiger partial charge in [0, 0.05) is 6.54 Å². The number of hydrogen-bond donors (Lipinski definition) is 3. The summed E-state index contributed by atoms with van der Waals surface area (Å²) >= 11 is 0. The van der Waals surface area contributed by atoms with E-state index in [4.69, 9.17) is 5.11 Å². The third kappa shape index (κ3) is 3.54. The second kappa shape index (κ2) is 5.80. The van der Waals surface area contributed by atoms with E-state index in [-0.39, 0.29) is 6.61 Å². The van der Waals surface area contributed by atoms with Crippen LogP contribution >= 0.6 is 0 Å². The molecular weight excluding hydrogens is 218 g/mol. The van der Waals surface area contributed by atoms with Gasteiger partial charge in [0.25, 0.3) is 0 Å². The first-order chi connectivity index (χ1) is 7.99. The summed E-state index contributed by atoms with van der Waals surface area (Å²) in [6, 6.07) is 9.52. The normalized spacial score (nSPS) is 16.2. The number of aliphatic hydroxyl groups is 1. The number of benzene rings is 1.